The van der Waals surface area contributed by atoms with Gasteiger partial charge in [0.25, 0.3) is 0 Å². The molecule has 3 aliphatic carbocycles. The lowest BCUT2D eigenvalue weighted by atomic mass is 9.47. The monoisotopic (exact) mass is 545 g/mol. The lowest BCUT2D eigenvalue weighted by Crippen LogP contribution is -2.78. The number of nitrogens with one attached hydrogen (secondary N) is 1. The van der Waals surface area contributed by atoms with Crippen molar-refractivity contribution in [3.63, 3.8) is 0 Å². The van der Waals surface area contributed by atoms with Gasteiger partial charge in [0.05, 0.1) is 24.2 Å². The van der Waals surface area contributed by atoms with Crippen molar-refractivity contribution in [2.75, 3.05) is 49.6 Å². The Kier molecular flexibility index (Phi) is 5.35. The predicted octanol–water partition coefficient (Wildman–Crippen LogP) is 2.23. The van der Waals surface area contributed by atoms with Crippen molar-refractivity contribution >= 4 is 23.1 Å². The van der Waals surface area contributed by atoms with Crippen molar-refractivity contribution in [1.29, 1.82) is 0 Å². The van der Waals surface area contributed by atoms with Gasteiger partial charge in [0, 0.05) is 42.6 Å². The number of aromatic hydroxyl groups is 1. The molecule has 2 saturated heterocycles. The maximum absolute atomic E-state index is 14.1. The Bertz CT molecular complexity index is 1390. The second kappa shape index (κ2) is 8.68. The van der Waals surface area contributed by atoms with E-state index in [-0.39, 0.29) is 24.0 Å². The summed E-state index contributed by atoms with van der Waals surface area (Å²) < 4.78 is 11.7. The first-order valence-corrected chi connectivity index (χ1v) is 14.6. The Morgan fingerprint density at radius 1 is 1.07 bits per heavy atom. The zero-order valence-electron chi connectivity index (χ0n) is 22.5. The number of amides is 1. The molecule has 3 aliphatic heterocycles. The lowest BCUT2D eigenvalue weighted by molar-refractivity contribution is -0.197. The van der Waals surface area contributed by atoms with Gasteiger partial charge in [0.1, 0.15) is 5.92 Å². The van der Waals surface area contributed by atoms with Crippen molar-refractivity contribution in [3.05, 3.63) is 47.5 Å². The summed E-state index contributed by atoms with van der Waals surface area (Å²) in [4.78, 5) is 32.4. The maximum Gasteiger partial charge on any atom is 0.235 e. The molecule has 2 bridgehead atoms. The Hall–Kier alpha value is -3.14. The zero-order chi connectivity index (χ0) is 27.2. The summed E-state index contributed by atoms with van der Waals surface area (Å²) in [5.74, 6) is -0.849. The molecule has 2 saturated carbocycles. The van der Waals surface area contributed by atoms with Crippen LogP contribution in [0.5, 0.6) is 11.5 Å². The smallest absolute Gasteiger partial charge is 0.235 e. The molecule has 0 aromatic heterocycles. The minimum atomic E-state index is -1.33. The molecule has 1 unspecified atom stereocenters. The summed E-state index contributed by atoms with van der Waals surface area (Å²) in [6.45, 7) is 4.72. The van der Waals surface area contributed by atoms with Gasteiger partial charge in [-0.2, -0.15) is 0 Å². The van der Waals surface area contributed by atoms with Crippen LogP contribution in [0.15, 0.2) is 36.4 Å². The van der Waals surface area contributed by atoms with Crippen molar-refractivity contribution in [2.45, 2.75) is 55.3 Å². The molecular formula is C31H35N3O6. The topological polar surface area (TPSA) is 112 Å². The van der Waals surface area contributed by atoms with Gasteiger partial charge in [-0.3, -0.25) is 14.5 Å². The molecule has 9 nitrogen and oxygen atoms in total. The average Bonchev–Trinajstić information content (AvgIpc) is 3.71. The Balaban J connectivity index is 1.12. The van der Waals surface area contributed by atoms with Gasteiger partial charge in [0.15, 0.2) is 23.4 Å². The summed E-state index contributed by atoms with van der Waals surface area (Å²) >= 11 is 0. The van der Waals surface area contributed by atoms with E-state index in [4.69, 9.17) is 9.47 Å². The maximum atomic E-state index is 14.1. The molecule has 8 rings (SSSR count). The van der Waals surface area contributed by atoms with Crippen LogP contribution in [-0.2, 0) is 26.2 Å². The number of piperidine rings is 1. The third-order valence-electron chi connectivity index (χ3n) is 10.5. The number of ketones is 1. The second-order valence-electron chi connectivity index (χ2n) is 12.5. The molecule has 5 atom stereocenters. The molecule has 1 amide bonds. The van der Waals surface area contributed by atoms with Crippen LogP contribution in [0, 0.1) is 11.8 Å². The number of hydrogen-bond acceptors (Lipinski definition) is 8. The van der Waals surface area contributed by atoms with E-state index in [1.54, 1.807) is 6.07 Å². The van der Waals surface area contributed by atoms with Crippen LogP contribution in [0.1, 0.15) is 36.8 Å². The van der Waals surface area contributed by atoms with Crippen LogP contribution in [0.3, 0.4) is 0 Å². The standard InChI is InChI=1S/C31H35N3O6/c35-23-8-3-19-15-24-31(38)16-22(29(37)32-20-4-6-21(7-5-20)33-11-13-39-14-12-33)26(36)28-30(31,25(19)27(23)40-28)9-10-34(24)17-18-1-2-18/h3-8,18,22,24,28,35,38H,1-2,9-17H2,(H,32,37)/t22?,24-,28+,30+,31-/m1/s1. The Morgan fingerprint density at radius 3 is 2.60 bits per heavy atom. The lowest BCUT2D eigenvalue weighted by Gasteiger charge is -2.63. The van der Waals surface area contributed by atoms with Crippen molar-refractivity contribution in [3.8, 4) is 11.5 Å². The molecule has 2 aromatic carbocycles. The number of rotatable bonds is 5. The predicted molar refractivity (Wildman–Crippen MR) is 147 cm³/mol. The number of carbonyl (C=O) groups is 2. The fourth-order valence-electron chi connectivity index (χ4n) is 8.33. The molecule has 9 heteroatoms. The fourth-order valence-corrected chi connectivity index (χ4v) is 8.33. The Morgan fingerprint density at radius 2 is 1.85 bits per heavy atom. The van der Waals surface area contributed by atoms with E-state index in [0.717, 1.165) is 43.0 Å². The summed E-state index contributed by atoms with van der Waals surface area (Å²) in [6.07, 6.45) is 2.63. The van der Waals surface area contributed by atoms with Gasteiger partial charge < -0.3 is 29.9 Å². The first-order chi connectivity index (χ1) is 19.4. The van der Waals surface area contributed by atoms with Gasteiger partial charge in [-0.25, -0.2) is 0 Å². The van der Waals surface area contributed by atoms with Crippen LogP contribution < -0.4 is 15.0 Å². The van der Waals surface area contributed by atoms with Crippen LogP contribution in [0.2, 0.25) is 0 Å². The van der Waals surface area contributed by atoms with Crippen LogP contribution in [0.4, 0.5) is 11.4 Å². The number of nitrogens with zero attached hydrogens (tertiary/aromatic N) is 2. The minimum absolute atomic E-state index is 0.0158. The summed E-state index contributed by atoms with van der Waals surface area (Å²) in [5, 5.41) is 26.4. The number of aliphatic hydroxyl groups is 1. The van der Waals surface area contributed by atoms with Gasteiger partial charge >= 0.3 is 0 Å². The summed E-state index contributed by atoms with van der Waals surface area (Å²) in [7, 11) is 0. The first-order valence-electron chi connectivity index (χ1n) is 14.6. The minimum Gasteiger partial charge on any atom is -0.504 e. The van der Waals surface area contributed by atoms with E-state index >= 15 is 0 Å². The van der Waals surface area contributed by atoms with Crippen molar-refractivity contribution < 1.29 is 29.3 Å². The van der Waals surface area contributed by atoms with Crippen molar-refractivity contribution in [1.82, 2.24) is 4.90 Å². The third-order valence-corrected chi connectivity index (χ3v) is 10.5. The normalized spacial score (nSPS) is 34.3. The van der Waals surface area contributed by atoms with Crippen LogP contribution >= 0.6 is 0 Å². The molecule has 3 heterocycles. The number of anilines is 2. The SMILES string of the molecule is O=C(Nc1ccc(N2CCOCC2)cc1)C1C[C@@]2(O)[C@H]3Cc4ccc(O)c5c4[C@@]2(CCN3CC2CC2)[C@@H](O5)C1=O. The first kappa shape index (κ1) is 24.6. The number of morpholine rings is 1. The highest BCUT2D eigenvalue weighted by Crippen LogP contribution is 2.65. The molecule has 40 heavy (non-hydrogen) atoms. The number of phenolic OH excluding ortho intramolecular Hbond substituents is 1. The molecule has 2 aromatic rings. The van der Waals surface area contributed by atoms with Gasteiger partial charge in [-0.15, -0.1) is 0 Å². The highest BCUT2D eigenvalue weighted by Gasteiger charge is 2.75. The number of likely N-dealkylation sites (tertiary alicyclic amines) is 1. The van der Waals surface area contributed by atoms with E-state index in [9.17, 15) is 19.8 Å². The molecule has 4 fully saturated rings. The zero-order valence-corrected chi connectivity index (χ0v) is 22.5. The highest BCUT2D eigenvalue weighted by molar-refractivity contribution is 6.10. The quantitative estimate of drug-likeness (QED) is 0.491. The fraction of sp³-hybridized carbons (Fsp3) is 0.548. The van der Waals surface area contributed by atoms with Gasteiger partial charge in [-0.1, -0.05) is 6.07 Å². The van der Waals surface area contributed by atoms with E-state index in [1.165, 1.54) is 12.8 Å². The number of hydrogen-bond donors (Lipinski definition) is 3. The number of phenols is 1. The van der Waals surface area contributed by atoms with E-state index in [0.29, 0.717) is 43.4 Å². The number of ether oxygens (including phenoxy) is 2. The largest absolute Gasteiger partial charge is 0.504 e. The summed E-state index contributed by atoms with van der Waals surface area (Å²) in [5.41, 5.74) is 1.21. The molecule has 1 spiro atoms. The van der Waals surface area contributed by atoms with Crippen molar-refractivity contribution in [2.24, 2.45) is 11.8 Å². The van der Waals surface area contributed by atoms with Gasteiger partial charge in [0.2, 0.25) is 5.91 Å². The average molecular weight is 546 g/mol. The Labute approximate surface area is 233 Å². The van der Waals surface area contributed by atoms with E-state index in [2.05, 4.69) is 15.1 Å². The molecule has 0 radical (unpaired) electrons. The molecule has 3 N–H and O–H groups in total. The second-order valence-corrected chi connectivity index (χ2v) is 12.5. The number of carbonyl (C=O) groups excluding carboxylic acids is 2. The third kappa shape index (κ3) is 3.37. The molecule has 210 valence electrons. The molecular weight excluding hydrogens is 510 g/mol. The van der Waals surface area contributed by atoms with E-state index in [1.807, 2.05) is 30.3 Å². The van der Waals surface area contributed by atoms with Crippen LogP contribution in [0.25, 0.3) is 0 Å². The summed E-state index contributed by atoms with van der Waals surface area (Å²) in [6, 6.07) is 11.0. The number of Topliss-reactive ketones (excluding diaryl/α,β-unsaturated/α-hetero) is 1. The molecule has 6 aliphatic rings. The van der Waals surface area contributed by atoms with E-state index < -0.39 is 28.9 Å². The highest BCUT2D eigenvalue weighted by atomic mass is 16.5. The van der Waals surface area contributed by atoms with Gasteiger partial charge in [-0.05, 0) is 80.5 Å². The number of benzene rings is 2. The van der Waals surface area contributed by atoms with Crippen LogP contribution in [-0.4, -0.2) is 83.9 Å².